The third-order valence-corrected chi connectivity index (χ3v) is 3.63. The number of nitrogens with one attached hydrogen (secondary N) is 1. The lowest BCUT2D eigenvalue weighted by Gasteiger charge is -2.16. The van der Waals surface area contributed by atoms with Gasteiger partial charge in [0.2, 0.25) is 0 Å². The Bertz CT molecular complexity index is 528. The largest absolute Gasteiger partial charge is 0.496 e. The monoisotopic (exact) mass is 319 g/mol. The Morgan fingerprint density at radius 2 is 1.89 bits per heavy atom. The maximum Gasteiger partial charge on any atom is 0.123 e. The van der Waals surface area contributed by atoms with Gasteiger partial charge >= 0.3 is 0 Å². The molecule has 100 valence electrons. The summed E-state index contributed by atoms with van der Waals surface area (Å²) in [6.45, 7) is 2.94. The van der Waals surface area contributed by atoms with Gasteiger partial charge in [-0.3, -0.25) is 0 Å². The van der Waals surface area contributed by atoms with Gasteiger partial charge in [0.1, 0.15) is 5.75 Å². The van der Waals surface area contributed by atoms with Crippen molar-refractivity contribution in [3.8, 4) is 5.75 Å². The van der Waals surface area contributed by atoms with Gasteiger partial charge < -0.3 is 10.1 Å². The molecule has 0 aromatic heterocycles. The summed E-state index contributed by atoms with van der Waals surface area (Å²) < 4.78 is 6.44. The van der Waals surface area contributed by atoms with Crippen molar-refractivity contribution >= 4 is 15.9 Å². The van der Waals surface area contributed by atoms with Crippen LogP contribution in [0.4, 0.5) is 0 Å². The van der Waals surface area contributed by atoms with E-state index in [1.807, 2.05) is 18.2 Å². The normalized spacial score (nSPS) is 12.2. The molecule has 3 heteroatoms. The van der Waals surface area contributed by atoms with Gasteiger partial charge in [0, 0.05) is 22.6 Å². The highest BCUT2D eigenvalue weighted by molar-refractivity contribution is 9.10. The lowest BCUT2D eigenvalue weighted by molar-refractivity contribution is 0.406. The summed E-state index contributed by atoms with van der Waals surface area (Å²) in [6, 6.07) is 16.8. The summed E-state index contributed by atoms with van der Waals surface area (Å²) >= 11 is 3.49. The molecule has 19 heavy (non-hydrogen) atoms. The molecule has 0 aliphatic heterocycles. The fourth-order valence-corrected chi connectivity index (χ4v) is 2.42. The van der Waals surface area contributed by atoms with E-state index in [4.69, 9.17) is 4.74 Å². The fraction of sp³-hybridized carbons (Fsp3) is 0.250. The van der Waals surface area contributed by atoms with Crippen LogP contribution in [0.1, 0.15) is 24.1 Å². The van der Waals surface area contributed by atoms with Crippen molar-refractivity contribution in [3.63, 3.8) is 0 Å². The van der Waals surface area contributed by atoms with E-state index in [0.29, 0.717) is 6.04 Å². The van der Waals surface area contributed by atoms with Gasteiger partial charge in [-0.05, 0) is 30.7 Å². The Morgan fingerprint density at radius 3 is 2.58 bits per heavy atom. The quantitative estimate of drug-likeness (QED) is 0.886. The maximum absolute atomic E-state index is 5.38. The fourth-order valence-electron chi connectivity index (χ4n) is 2.01. The molecule has 0 aliphatic rings. The molecule has 0 radical (unpaired) electrons. The van der Waals surface area contributed by atoms with E-state index in [1.165, 1.54) is 5.56 Å². The second-order valence-corrected chi connectivity index (χ2v) is 5.39. The first-order valence-corrected chi connectivity index (χ1v) is 7.10. The van der Waals surface area contributed by atoms with Crippen molar-refractivity contribution < 1.29 is 4.74 Å². The van der Waals surface area contributed by atoms with E-state index in [0.717, 1.165) is 22.3 Å². The van der Waals surface area contributed by atoms with Crippen LogP contribution in [0, 0.1) is 0 Å². The molecule has 0 unspecified atom stereocenters. The molecular weight excluding hydrogens is 302 g/mol. The molecule has 2 rings (SSSR count). The second-order valence-electron chi connectivity index (χ2n) is 4.47. The van der Waals surface area contributed by atoms with Gasteiger partial charge in [-0.1, -0.05) is 46.3 Å². The molecule has 2 nitrogen and oxygen atoms in total. The van der Waals surface area contributed by atoms with E-state index in [1.54, 1.807) is 7.11 Å². The summed E-state index contributed by atoms with van der Waals surface area (Å²) in [5.74, 6) is 0.913. The number of halogens is 1. The van der Waals surface area contributed by atoms with Crippen LogP contribution in [0.25, 0.3) is 0 Å². The number of ether oxygens (including phenoxy) is 1. The summed E-state index contributed by atoms with van der Waals surface area (Å²) in [5, 5.41) is 3.52. The molecule has 0 bridgehead atoms. The minimum absolute atomic E-state index is 0.310. The number of methoxy groups -OCH3 is 1. The predicted octanol–water partition coefficient (Wildman–Crippen LogP) is 4.31. The van der Waals surface area contributed by atoms with Crippen LogP contribution >= 0.6 is 15.9 Å². The van der Waals surface area contributed by atoms with E-state index in [9.17, 15) is 0 Å². The zero-order valence-electron chi connectivity index (χ0n) is 11.2. The lowest BCUT2D eigenvalue weighted by Crippen LogP contribution is -2.18. The van der Waals surface area contributed by atoms with E-state index >= 15 is 0 Å². The molecule has 1 atom stereocenters. The highest BCUT2D eigenvalue weighted by Crippen LogP contribution is 2.23. The van der Waals surface area contributed by atoms with Gasteiger partial charge in [-0.15, -0.1) is 0 Å². The van der Waals surface area contributed by atoms with Gasteiger partial charge in [0.05, 0.1) is 7.11 Å². The molecule has 0 heterocycles. The molecule has 2 aromatic rings. The van der Waals surface area contributed by atoms with E-state index in [2.05, 4.69) is 58.5 Å². The molecule has 0 aliphatic carbocycles. The van der Waals surface area contributed by atoms with Crippen molar-refractivity contribution in [2.45, 2.75) is 19.5 Å². The molecule has 0 spiro atoms. The van der Waals surface area contributed by atoms with Crippen molar-refractivity contribution in [1.82, 2.24) is 5.32 Å². The van der Waals surface area contributed by atoms with Crippen molar-refractivity contribution in [3.05, 3.63) is 64.1 Å². The SMILES string of the molecule is COc1ccc(Br)cc1CN[C@@H](C)c1ccccc1. The summed E-state index contributed by atoms with van der Waals surface area (Å²) in [7, 11) is 1.70. The summed E-state index contributed by atoms with van der Waals surface area (Å²) in [6.07, 6.45) is 0. The molecular formula is C16H18BrNO. The van der Waals surface area contributed by atoms with Crippen LogP contribution in [0.3, 0.4) is 0 Å². The maximum atomic E-state index is 5.38. The molecule has 0 amide bonds. The summed E-state index contributed by atoms with van der Waals surface area (Å²) in [4.78, 5) is 0. The Kier molecular flexibility index (Phi) is 5.00. The van der Waals surface area contributed by atoms with Gasteiger partial charge in [-0.2, -0.15) is 0 Å². The Hall–Kier alpha value is -1.32. The summed E-state index contributed by atoms with van der Waals surface area (Å²) in [5.41, 5.74) is 2.44. The molecule has 2 aromatic carbocycles. The molecule has 0 fully saturated rings. The van der Waals surface area contributed by atoms with Gasteiger partial charge in [-0.25, -0.2) is 0 Å². The lowest BCUT2D eigenvalue weighted by atomic mass is 10.1. The van der Waals surface area contributed by atoms with Crippen LogP contribution in [0.15, 0.2) is 53.0 Å². The zero-order chi connectivity index (χ0) is 13.7. The number of rotatable bonds is 5. The van der Waals surface area contributed by atoms with Crippen LogP contribution < -0.4 is 10.1 Å². The topological polar surface area (TPSA) is 21.3 Å². The Labute approximate surface area is 122 Å². The van der Waals surface area contributed by atoms with Crippen LogP contribution in [0.5, 0.6) is 5.75 Å². The Morgan fingerprint density at radius 1 is 1.16 bits per heavy atom. The minimum Gasteiger partial charge on any atom is -0.496 e. The van der Waals surface area contributed by atoms with Crippen LogP contribution in [0.2, 0.25) is 0 Å². The van der Waals surface area contributed by atoms with Crippen molar-refractivity contribution in [2.24, 2.45) is 0 Å². The van der Waals surface area contributed by atoms with Gasteiger partial charge in [0.25, 0.3) is 0 Å². The Balaban J connectivity index is 2.04. The number of hydrogen-bond acceptors (Lipinski definition) is 2. The average Bonchev–Trinajstić information content (AvgIpc) is 2.46. The van der Waals surface area contributed by atoms with E-state index in [-0.39, 0.29) is 0 Å². The minimum atomic E-state index is 0.310. The zero-order valence-corrected chi connectivity index (χ0v) is 12.8. The van der Waals surface area contributed by atoms with Crippen molar-refractivity contribution in [2.75, 3.05) is 7.11 Å². The highest BCUT2D eigenvalue weighted by Gasteiger charge is 2.07. The highest BCUT2D eigenvalue weighted by atomic mass is 79.9. The smallest absolute Gasteiger partial charge is 0.123 e. The van der Waals surface area contributed by atoms with E-state index < -0.39 is 0 Å². The van der Waals surface area contributed by atoms with Crippen molar-refractivity contribution in [1.29, 1.82) is 0 Å². The number of hydrogen-bond donors (Lipinski definition) is 1. The third kappa shape index (κ3) is 3.82. The third-order valence-electron chi connectivity index (χ3n) is 3.14. The standard InChI is InChI=1S/C16H18BrNO/c1-12(13-6-4-3-5-7-13)18-11-14-10-15(17)8-9-16(14)19-2/h3-10,12,18H,11H2,1-2H3/t12-/m0/s1. The molecule has 1 N–H and O–H groups in total. The van der Waals surface area contributed by atoms with Crippen LogP contribution in [-0.4, -0.2) is 7.11 Å². The van der Waals surface area contributed by atoms with Crippen LogP contribution in [-0.2, 0) is 6.54 Å². The first-order valence-electron chi connectivity index (χ1n) is 6.31. The molecule has 0 saturated heterocycles. The second kappa shape index (κ2) is 6.73. The first-order chi connectivity index (χ1) is 9.20. The average molecular weight is 320 g/mol. The number of benzene rings is 2. The van der Waals surface area contributed by atoms with Gasteiger partial charge in [0.15, 0.2) is 0 Å². The first kappa shape index (κ1) is 14.1. The molecule has 0 saturated carbocycles. The predicted molar refractivity (Wildman–Crippen MR) is 82.4 cm³/mol.